The van der Waals surface area contributed by atoms with Gasteiger partial charge in [-0.3, -0.25) is 4.79 Å². The second kappa shape index (κ2) is 8.13. The molecule has 29 heavy (non-hydrogen) atoms. The van der Waals surface area contributed by atoms with Crippen molar-refractivity contribution < 1.29 is 24.1 Å². The van der Waals surface area contributed by atoms with Crippen LogP contribution in [0, 0.1) is 6.92 Å². The van der Waals surface area contributed by atoms with Crippen LogP contribution in [0.1, 0.15) is 35.2 Å². The highest BCUT2D eigenvalue weighted by atomic mass is 35.5. The maximum absolute atomic E-state index is 12.9. The van der Waals surface area contributed by atoms with Gasteiger partial charge in [-0.25, -0.2) is 0 Å². The fourth-order valence-corrected chi connectivity index (χ4v) is 3.84. The first kappa shape index (κ1) is 19.9. The van der Waals surface area contributed by atoms with Crippen LogP contribution in [-0.2, 0) is 0 Å². The van der Waals surface area contributed by atoms with Gasteiger partial charge in [0.05, 0.1) is 5.02 Å². The molecule has 2 aliphatic heterocycles. The summed E-state index contributed by atoms with van der Waals surface area (Å²) in [5.74, 6) is 1.73. The Morgan fingerprint density at radius 1 is 1.17 bits per heavy atom. The monoisotopic (exact) mass is 417 g/mol. The van der Waals surface area contributed by atoms with Crippen LogP contribution in [0.2, 0.25) is 5.02 Å². The van der Waals surface area contributed by atoms with E-state index in [1.165, 1.54) is 0 Å². The van der Waals surface area contributed by atoms with Crippen LogP contribution in [0.3, 0.4) is 0 Å². The molecule has 6 nitrogen and oxygen atoms in total. The number of rotatable bonds is 4. The third-order valence-electron chi connectivity index (χ3n) is 5.41. The van der Waals surface area contributed by atoms with Gasteiger partial charge in [-0.1, -0.05) is 17.7 Å². The fourth-order valence-electron chi connectivity index (χ4n) is 3.67. The molecule has 0 unspecified atom stereocenters. The van der Waals surface area contributed by atoms with E-state index in [0.717, 1.165) is 5.56 Å². The maximum Gasteiger partial charge on any atom is 0.253 e. The minimum atomic E-state index is -1.00. The summed E-state index contributed by atoms with van der Waals surface area (Å²) < 4.78 is 16.5. The molecule has 2 heterocycles. The Balaban J connectivity index is 1.39. The zero-order valence-corrected chi connectivity index (χ0v) is 17.1. The average Bonchev–Trinajstić information content (AvgIpc) is 3.10. The third-order valence-corrected chi connectivity index (χ3v) is 5.72. The SMILES string of the molecule is Cc1ccc(Cl)c(OC[C@]2(O)CCCN(C(=O)c3ccc4c(c3)OCO4)CC2)c1. The number of hydrogen-bond donors (Lipinski definition) is 1. The van der Waals surface area contributed by atoms with E-state index in [1.807, 2.05) is 19.1 Å². The molecule has 0 aliphatic carbocycles. The number of aryl methyl sites for hydroxylation is 1. The molecule has 1 fully saturated rings. The molecule has 0 radical (unpaired) electrons. The van der Waals surface area contributed by atoms with E-state index >= 15 is 0 Å². The van der Waals surface area contributed by atoms with E-state index in [2.05, 4.69) is 0 Å². The van der Waals surface area contributed by atoms with Crippen molar-refractivity contribution in [2.45, 2.75) is 31.8 Å². The van der Waals surface area contributed by atoms with E-state index in [4.69, 9.17) is 25.8 Å². The highest BCUT2D eigenvalue weighted by molar-refractivity contribution is 6.32. The summed E-state index contributed by atoms with van der Waals surface area (Å²) in [6.45, 7) is 3.32. The molecule has 154 valence electrons. The van der Waals surface area contributed by atoms with Crippen LogP contribution in [0.15, 0.2) is 36.4 Å². The molecule has 1 amide bonds. The lowest BCUT2D eigenvalue weighted by Gasteiger charge is -2.27. The van der Waals surface area contributed by atoms with E-state index in [1.54, 1.807) is 29.2 Å². The number of carbonyl (C=O) groups excluding carboxylic acids is 1. The first-order valence-electron chi connectivity index (χ1n) is 9.74. The molecule has 0 saturated carbocycles. The molecule has 0 aromatic heterocycles. The predicted molar refractivity (Wildman–Crippen MR) is 109 cm³/mol. The highest BCUT2D eigenvalue weighted by Crippen LogP contribution is 2.33. The molecule has 2 aromatic carbocycles. The van der Waals surface area contributed by atoms with Gasteiger partial charge in [-0.05, 0) is 62.1 Å². The van der Waals surface area contributed by atoms with E-state index in [-0.39, 0.29) is 19.3 Å². The lowest BCUT2D eigenvalue weighted by molar-refractivity contribution is -0.0163. The smallest absolute Gasteiger partial charge is 0.253 e. The first-order valence-corrected chi connectivity index (χ1v) is 10.1. The largest absolute Gasteiger partial charge is 0.489 e. The van der Waals surface area contributed by atoms with Gasteiger partial charge >= 0.3 is 0 Å². The number of fused-ring (bicyclic) bond motifs is 1. The fraction of sp³-hybridized carbons (Fsp3) is 0.409. The number of nitrogens with zero attached hydrogens (tertiary/aromatic N) is 1. The molecule has 1 N–H and O–H groups in total. The summed E-state index contributed by atoms with van der Waals surface area (Å²) in [6, 6.07) is 10.8. The molecule has 4 rings (SSSR count). The summed E-state index contributed by atoms with van der Waals surface area (Å²) >= 11 is 6.19. The van der Waals surface area contributed by atoms with Crippen molar-refractivity contribution in [3.05, 3.63) is 52.5 Å². The van der Waals surface area contributed by atoms with Gasteiger partial charge in [0, 0.05) is 18.7 Å². The standard InChI is InChI=1S/C22H24ClNO5/c1-15-3-5-17(23)19(11-15)27-13-22(26)7-2-9-24(10-8-22)21(25)16-4-6-18-20(12-16)29-14-28-18/h3-6,11-12,26H,2,7-10,13-14H2,1H3/t22-/m0/s1. The number of halogens is 1. The summed E-state index contributed by atoms with van der Waals surface area (Å²) in [5, 5.41) is 11.5. The molecule has 2 aliphatic rings. The van der Waals surface area contributed by atoms with Gasteiger partial charge in [-0.2, -0.15) is 0 Å². The molecule has 0 spiro atoms. The number of amides is 1. The Hall–Kier alpha value is -2.44. The van der Waals surface area contributed by atoms with Crippen LogP contribution in [-0.4, -0.2) is 48.0 Å². The number of carbonyl (C=O) groups is 1. The maximum atomic E-state index is 12.9. The van der Waals surface area contributed by atoms with Gasteiger partial charge in [0.1, 0.15) is 18.0 Å². The Morgan fingerprint density at radius 2 is 2.00 bits per heavy atom. The summed E-state index contributed by atoms with van der Waals surface area (Å²) in [7, 11) is 0. The number of benzene rings is 2. The van der Waals surface area contributed by atoms with Crippen molar-refractivity contribution in [1.82, 2.24) is 4.90 Å². The van der Waals surface area contributed by atoms with Crippen molar-refractivity contribution in [1.29, 1.82) is 0 Å². The van der Waals surface area contributed by atoms with Crippen LogP contribution in [0.4, 0.5) is 0 Å². The normalized spacial score (nSPS) is 21.0. The zero-order chi connectivity index (χ0) is 20.4. The molecule has 2 aromatic rings. The van der Waals surface area contributed by atoms with E-state index < -0.39 is 5.60 Å². The molecule has 1 atom stereocenters. The lowest BCUT2D eigenvalue weighted by atomic mass is 9.96. The molecular formula is C22H24ClNO5. The molecule has 1 saturated heterocycles. The Labute approximate surface area is 174 Å². The average molecular weight is 418 g/mol. The third kappa shape index (κ3) is 4.43. The topological polar surface area (TPSA) is 68.2 Å². The molecule has 7 heteroatoms. The summed E-state index contributed by atoms with van der Waals surface area (Å²) in [6.07, 6.45) is 1.69. The van der Waals surface area contributed by atoms with E-state index in [9.17, 15) is 9.90 Å². The zero-order valence-electron chi connectivity index (χ0n) is 16.3. The summed E-state index contributed by atoms with van der Waals surface area (Å²) in [5.41, 5.74) is 0.594. The molecule has 0 bridgehead atoms. The number of ether oxygens (including phenoxy) is 3. The van der Waals surface area contributed by atoms with E-state index in [0.29, 0.717) is 60.2 Å². The van der Waals surface area contributed by atoms with Crippen molar-refractivity contribution >= 4 is 17.5 Å². The second-order valence-electron chi connectivity index (χ2n) is 7.66. The Bertz CT molecular complexity index is 918. The van der Waals surface area contributed by atoms with Crippen molar-refractivity contribution in [3.63, 3.8) is 0 Å². The van der Waals surface area contributed by atoms with Gasteiger partial charge < -0.3 is 24.2 Å². The quantitative estimate of drug-likeness (QED) is 0.819. The minimum Gasteiger partial charge on any atom is -0.489 e. The van der Waals surface area contributed by atoms with Crippen molar-refractivity contribution in [2.75, 3.05) is 26.5 Å². The van der Waals surface area contributed by atoms with Gasteiger partial charge in [0.15, 0.2) is 11.5 Å². The van der Waals surface area contributed by atoms with Gasteiger partial charge in [-0.15, -0.1) is 0 Å². The number of likely N-dealkylation sites (tertiary alicyclic amines) is 1. The number of aliphatic hydroxyl groups is 1. The van der Waals surface area contributed by atoms with Crippen molar-refractivity contribution in [2.24, 2.45) is 0 Å². The minimum absolute atomic E-state index is 0.0739. The highest BCUT2D eigenvalue weighted by Gasteiger charge is 2.33. The lowest BCUT2D eigenvalue weighted by Crippen LogP contribution is -2.38. The number of hydrogen-bond acceptors (Lipinski definition) is 5. The van der Waals surface area contributed by atoms with Gasteiger partial charge in [0.25, 0.3) is 5.91 Å². The van der Waals surface area contributed by atoms with Crippen LogP contribution in [0.5, 0.6) is 17.2 Å². The summed E-state index contributed by atoms with van der Waals surface area (Å²) in [4.78, 5) is 14.7. The van der Waals surface area contributed by atoms with Crippen LogP contribution in [0.25, 0.3) is 0 Å². The Kier molecular flexibility index (Phi) is 5.56. The van der Waals surface area contributed by atoms with Crippen molar-refractivity contribution in [3.8, 4) is 17.2 Å². The molecular weight excluding hydrogens is 394 g/mol. The first-order chi connectivity index (χ1) is 13.9. The van der Waals surface area contributed by atoms with Gasteiger partial charge in [0.2, 0.25) is 6.79 Å². The predicted octanol–water partition coefficient (Wildman–Crippen LogP) is 3.81. The second-order valence-corrected chi connectivity index (χ2v) is 8.07. The van der Waals surface area contributed by atoms with Crippen LogP contribution < -0.4 is 14.2 Å². The Morgan fingerprint density at radius 3 is 2.86 bits per heavy atom. The van der Waals surface area contributed by atoms with Crippen LogP contribution >= 0.6 is 11.6 Å².